The van der Waals surface area contributed by atoms with Crippen LogP contribution in [0.2, 0.25) is 19.6 Å². The Hall–Kier alpha value is -2.98. The maximum atomic E-state index is 15.0. The van der Waals surface area contributed by atoms with E-state index < -0.39 is 8.07 Å². The van der Waals surface area contributed by atoms with Crippen molar-refractivity contribution in [1.82, 2.24) is 0 Å². The normalized spacial score (nSPS) is 12.4. The molecule has 156 valence electrons. The Morgan fingerprint density at radius 1 is 0.871 bits per heavy atom. The standard InChI is InChI=1S/C27H27FNOSi/c1-16-13-21-19-9-7-8-10-25(19)30-27(21)26(17(16)2)23-12-11-20-22(28)14-18(31(4,5)6)15-24(20)29(23)3/h7-15H,1-6H3/q+1. The summed E-state index contributed by atoms with van der Waals surface area (Å²) in [6.45, 7) is 11.0. The molecule has 0 spiro atoms. The van der Waals surface area contributed by atoms with Gasteiger partial charge in [-0.15, -0.1) is 0 Å². The zero-order valence-corrected chi connectivity index (χ0v) is 19.9. The van der Waals surface area contributed by atoms with Crippen LogP contribution < -0.4 is 9.75 Å². The fourth-order valence-corrected chi connectivity index (χ4v) is 5.66. The Balaban J connectivity index is 1.90. The summed E-state index contributed by atoms with van der Waals surface area (Å²) < 4.78 is 23.5. The Bertz CT molecular complexity index is 1510. The van der Waals surface area contributed by atoms with Gasteiger partial charge in [0.1, 0.15) is 24.0 Å². The third kappa shape index (κ3) is 3.00. The van der Waals surface area contributed by atoms with E-state index in [1.54, 1.807) is 6.07 Å². The Kier molecular flexibility index (Phi) is 4.35. The van der Waals surface area contributed by atoms with Crippen molar-refractivity contribution in [2.45, 2.75) is 33.5 Å². The summed E-state index contributed by atoms with van der Waals surface area (Å²) >= 11 is 0. The van der Waals surface area contributed by atoms with Crippen molar-refractivity contribution in [2.75, 3.05) is 0 Å². The Morgan fingerprint density at radius 2 is 1.61 bits per heavy atom. The van der Waals surface area contributed by atoms with Crippen LogP contribution in [0.5, 0.6) is 0 Å². The average molecular weight is 429 g/mol. The molecule has 0 unspecified atom stereocenters. The van der Waals surface area contributed by atoms with Gasteiger partial charge in [0, 0.05) is 22.9 Å². The van der Waals surface area contributed by atoms with Crippen LogP contribution in [0.4, 0.5) is 4.39 Å². The van der Waals surface area contributed by atoms with Gasteiger partial charge >= 0.3 is 0 Å². The van der Waals surface area contributed by atoms with E-state index in [0.29, 0.717) is 5.39 Å². The number of aryl methyl sites for hydroxylation is 2. The Labute approximate surface area is 182 Å². The molecule has 31 heavy (non-hydrogen) atoms. The number of halogens is 1. The van der Waals surface area contributed by atoms with E-state index in [2.05, 4.69) is 56.3 Å². The highest BCUT2D eigenvalue weighted by molar-refractivity contribution is 6.88. The molecule has 0 saturated carbocycles. The number of hydrogen-bond acceptors (Lipinski definition) is 1. The number of pyridine rings is 1. The maximum Gasteiger partial charge on any atom is 0.216 e. The molecule has 3 aromatic carbocycles. The van der Waals surface area contributed by atoms with Gasteiger partial charge in [-0.1, -0.05) is 43.0 Å². The first kappa shape index (κ1) is 19.9. The molecule has 2 aromatic heterocycles. The van der Waals surface area contributed by atoms with Gasteiger partial charge in [-0.3, -0.25) is 0 Å². The van der Waals surface area contributed by atoms with Crippen LogP contribution in [0.25, 0.3) is 44.1 Å². The molecule has 2 heterocycles. The van der Waals surface area contributed by atoms with Gasteiger partial charge in [-0.25, -0.2) is 4.39 Å². The van der Waals surface area contributed by atoms with E-state index in [0.717, 1.165) is 43.9 Å². The predicted molar refractivity (Wildman–Crippen MR) is 130 cm³/mol. The molecule has 2 nitrogen and oxygen atoms in total. The van der Waals surface area contributed by atoms with E-state index >= 15 is 4.39 Å². The van der Waals surface area contributed by atoms with E-state index in [1.807, 2.05) is 37.4 Å². The van der Waals surface area contributed by atoms with E-state index in [9.17, 15) is 0 Å². The van der Waals surface area contributed by atoms with Gasteiger partial charge in [0.15, 0.2) is 0 Å². The van der Waals surface area contributed by atoms with Crippen molar-refractivity contribution in [2.24, 2.45) is 7.05 Å². The Morgan fingerprint density at radius 3 is 2.35 bits per heavy atom. The molecule has 0 aliphatic heterocycles. The highest BCUT2D eigenvalue weighted by Gasteiger charge is 2.26. The lowest BCUT2D eigenvalue weighted by molar-refractivity contribution is -0.633. The molecule has 0 bridgehead atoms. The number of rotatable bonds is 2. The SMILES string of the molecule is Cc1cc2c(oc3ccccc32)c(-c2ccc3c(F)cc([Si](C)(C)C)cc3[n+]2C)c1C. The van der Waals surface area contributed by atoms with Crippen LogP contribution in [0.3, 0.4) is 0 Å². The second-order valence-electron chi connectivity index (χ2n) is 9.59. The molecular formula is C27H27FNOSi+. The lowest BCUT2D eigenvalue weighted by Crippen LogP contribution is -2.40. The zero-order chi connectivity index (χ0) is 22.1. The van der Waals surface area contributed by atoms with Crippen LogP contribution in [0, 0.1) is 19.7 Å². The first-order valence-electron chi connectivity index (χ1n) is 10.7. The van der Waals surface area contributed by atoms with Crippen LogP contribution in [-0.4, -0.2) is 8.07 Å². The maximum absolute atomic E-state index is 15.0. The summed E-state index contributed by atoms with van der Waals surface area (Å²) in [5.41, 5.74) is 7.21. The molecule has 0 radical (unpaired) electrons. The van der Waals surface area contributed by atoms with E-state index in [-0.39, 0.29) is 5.82 Å². The number of nitrogens with zero attached hydrogens (tertiary/aromatic N) is 1. The molecule has 0 N–H and O–H groups in total. The molecule has 0 aliphatic rings. The molecular weight excluding hydrogens is 401 g/mol. The third-order valence-electron chi connectivity index (χ3n) is 6.55. The lowest BCUT2D eigenvalue weighted by atomic mass is 9.96. The summed E-state index contributed by atoms with van der Waals surface area (Å²) in [5, 5.41) is 4.02. The average Bonchev–Trinajstić information content (AvgIpc) is 3.07. The summed E-state index contributed by atoms with van der Waals surface area (Å²) in [7, 11) is 0.370. The fourth-order valence-electron chi connectivity index (χ4n) is 4.53. The van der Waals surface area contributed by atoms with E-state index in [4.69, 9.17) is 4.42 Å². The van der Waals surface area contributed by atoms with Crippen LogP contribution >= 0.6 is 0 Å². The van der Waals surface area contributed by atoms with E-state index in [1.165, 1.54) is 11.1 Å². The predicted octanol–water partition coefficient (Wildman–Crippen LogP) is 6.53. The molecule has 0 atom stereocenters. The van der Waals surface area contributed by atoms with Crippen LogP contribution in [0.15, 0.2) is 59.0 Å². The minimum absolute atomic E-state index is 0.146. The van der Waals surface area contributed by atoms with Gasteiger partial charge in [-0.05, 0) is 49.2 Å². The summed E-state index contributed by atoms with van der Waals surface area (Å²) in [4.78, 5) is 0. The van der Waals surface area contributed by atoms with Crippen LogP contribution in [0.1, 0.15) is 11.1 Å². The molecule has 5 aromatic rings. The minimum atomic E-state index is -1.66. The second-order valence-corrected chi connectivity index (χ2v) is 14.7. The van der Waals surface area contributed by atoms with Crippen molar-refractivity contribution < 1.29 is 13.4 Å². The third-order valence-corrected chi connectivity index (χ3v) is 8.57. The van der Waals surface area contributed by atoms with Gasteiger partial charge < -0.3 is 4.42 Å². The van der Waals surface area contributed by atoms with Gasteiger partial charge in [0.05, 0.1) is 19.0 Å². The molecule has 4 heteroatoms. The smallest absolute Gasteiger partial charge is 0.216 e. The number of para-hydroxylation sites is 1. The highest BCUT2D eigenvalue weighted by atomic mass is 28.3. The fraction of sp³-hybridized carbons (Fsp3) is 0.222. The van der Waals surface area contributed by atoms with Gasteiger partial charge in [-0.2, -0.15) is 4.57 Å². The number of hydrogen-bond donors (Lipinski definition) is 0. The first-order valence-corrected chi connectivity index (χ1v) is 14.2. The van der Waals surface area contributed by atoms with Gasteiger partial charge in [0.2, 0.25) is 11.2 Å². The van der Waals surface area contributed by atoms with Crippen molar-refractivity contribution in [1.29, 1.82) is 0 Å². The summed E-state index contributed by atoms with van der Waals surface area (Å²) in [5.74, 6) is -0.146. The van der Waals surface area contributed by atoms with Crippen LogP contribution in [-0.2, 0) is 7.05 Å². The topological polar surface area (TPSA) is 17.0 Å². The molecule has 0 amide bonds. The largest absolute Gasteiger partial charge is 0.455 e. The quantitative estimate of drug-likeness (QED) is 0.231. The summed E-state index contributed by atoms with van der Waals surface area (Å²) in [6.07, 6.45) is 0. The highest BCUT2D eigenvalue weighted by Crippen LogP contribution is 2.38. The summed E-state index contributed by atoms with van der Waals surface area (Å²) in [6, 6.07) is 18.2. The molecule has 0 fully saturated rings. The molecule has 0 aliphatic carbocycles. The number of furan rings is 1. The second kappa shape index (κ2) is 6.76. The zero-order valence-electron chi connectivity index (χ0n) is 18.9. The number of aromatic nitrogens is 1. The number of benzene rings is 3. The van der Waals surface area contributed by atoms with Crippen molar-refractivity contribution >= 4 is 46.1 Å². The monoisotopic (exact) mass is 428 g/mol. The first-order chi connectivity index (χ1) is 14.7. The van der Waals surface area contributed by atoms with Crippen molar-refractivity contribution in [3.05, 3.63) is 71.5 Å². The van der Waals surface area contributed by atoms with Crippen molar-refractivity contribution in [3.8, 4) is 11.3 Å². The number of fused-ring (bicyclic) bond motifs is 4. The van der Waals surface area contributed by atoms with Crippen molar-refractivity contribution in [3.63, 3.8) is 0 Å². The minimum Gasteiger partial charge on any atom is -0.455 e. The van der Waals surface area contributed by atoms with Gasteiger partial charge in [0.25, 0.3) is 0 Å². The molecule has 0 saturated heterocycles. The molecule has 5 rings (SSSR count). The lowest BCUT2D eigenvalue weighted by Gasteiger charge is -2.17.